The van der Waals surface area contributed by atoms with E-state index in [1.807, 2.05) is 0 Å². The second-order valence-electron chi connectivity index (χ2n) is 6.72. The standard InChI is InChI=1S/C20H26BrNO/c1-15-5-3-6-16(2)22(15)11-4-12-23-20-10-8-17-7-9-19(21)13-18(17)14-20/h7-10,13-16H,3-6,11-12H2,1-2H3/t15-,16+. The van der Waals surface area contributed by atoms with Crippen molar-refractivity contribution in [3.05, 3.63) is 40.9 Å². The third kappa shape index (κ3) is 4.27. The number of hydrogen-bond donors (Lipinski definition) is 0. The average molecular weight is 376 g/mol. The first-order valence-corrected chi connectivity index (χ1v) is 9.50. The molecule has 3 heteroatoms. The Morgan fingerprint density at radius 2 is 1.78 bits per heavy atom. The molecule has 1 saturated heterocycles. The Morgan fingerprint density at radius 3 is 2.57 bits per heavy atom. The third-order valence-electron chi connectivity index (χ3n) is 4.98. The lowest BCUT2D eigenvalue weighted by atomic mass is 9.97. The van der Waals surface area contributed by atoms with Gasteiger partial charge in [-0.3, -0.25) is 4.90 Å². The molecule has 0 spiro atoms. The summed E-state index contributed by atoms with van der Waals surface area (Å²) in [5.41, 5.74) is 0. The lowest BCUT2D eigenvalue weighted by Crippen LogP contribution is -2.44. The molecule has 0 radical (unpaired) electrons. The van der Waals surface area contributed by atoms with Crippen molar-refractivity contribution in [2.75, 3.05) is 13.2 Å². The van der Waals surface area contributed by atoms with Crippen molar-refractivity contribution in [2.45, 2.75) is 51.6 Å². The molecular formula is C20H26BrNO. The van der Waals surface area contributed by atoms with Crippen molar-refractivity contribution in [2.24, 2.45) is 0 Å². The van der Waals surface area contributed by atoms with E-state index in [1.165, 1.54) is 30.0 Å². The van der Waals surface area contributed by atoms with Gasteiger partial charge in [0.15, 0.2) is 0 Å². The van der Waals surface area contributed by atoms with Crippen LogP contribution in [-0.2, 0) is 0 Å². The Balaban J connectivity index is 1.52. The van der Waals surface area contributed by atoms with E-state index in [2.05, 4.69) is 71.1 Å². The second-order valence-corrected chi connectivity index (χ2v) is 7.64. The molecule has 0 aliphatic carbocycles. The van der Waals surface area contributed by atoms with Gasteiger partial charge in [-0.05, 0) is 68.1 Å². The molecule has 0 bridgehead atoms. The van der Waals surface area contributed by atoms with Crippen LogP contribution in [-0.4, -0.2) is 30.1 Å². The number of halogens is 1. The summed E-state index contributed by atoms with van der Waals surface area (Å²) in [6.07, 6.45) is 5.14. The van der Waals surface area contributed by atoms with Gasteiger partial charge in [-0.1, -0.05) is 34.5 Å². The van der Waals surface area contributed by atoms with Crippen LogP contribution in [0.3, 0.4) is 0 Å². The monoisotopic (exact) mass is 375 g/mol. The lowest BCUT2D eigenvalue weighted by Gasteiger charge is -2.39. The minimum absolute atomic E-state index is 0.719. The maximum atomic E-state index is 5.97. The fraction of sp³-hybridized carbons (Fsp3) is 0.500. The van der Waals surface area contributed by atoms with Gasteiger partial charge in [0.1, 0.15) is 5.75 Å². The highest BCUT2D eigenvalue weighted by Gasteiger charge is 2.23. The number of nitrogens with zero attached hydrogens (tertiary/aromatic N) is 1. The molecule has 2 aromatic rings. The summed E-state index contributed by atoms with van der Waals surface area (Å²) in [5, 5.41) is 2.46. The fourth-order valence-corrected chi connectivity index (χ4v) is 4.02. The number of rotatable bonds is 5. The highest BCUT2D eigenvalue weighted by atomic mass is 79.9. The SMILES string of the molecule is C[C@@H]1CCC[C@H](C)N1CCCOc1ccc2ccc(Br)cc2c1. The van der Waals surface area contributed by atoms with Gasteiger partial charge in [-0.15, -0.1) is 0 Å². The number of ether oxygens (including phenoxy) is 1. The molecule has 3 rings (SSSR count). The van der Waals surface area contributed by atoms with E-state index in [0.29, 0.717) is 0 Å². The van der Waals surface area contributed by atoms with Crippen molar-refractivity contribution >= 4 is 26.7 Å². The zero-order valence-electron chi connectivity index (χ0n) is 14.1. The molecule has 0 aromatic heterocycles. The van der Waals surface area contributed by atoms with Crippen molar-refractivity contribution in [3.8, 4) is 5.75 Å². The molecule has 2 aromatic carbocycles. The maximum Gasteiger partial charge on any atom is 0.119 e. The summed E-state index contributed by atoms with van der Waals surface area (Å²) in [4.78, 5) is 2.64. The van der Waals surface area contributed by atoms with E-state index in [1.54, 1.807) is 0 Å². The molecule has 0 amide bonds. The van der Waals surface area contributed by atoms with E-state index >= 15 is 0 Å². The molecule has 2 atom stereocenters. The zero-order chi connectivity index (χ0) is 16.2. The fourth-order valence-electron chi connectivity index (χ4n) is 3.64. The van der Waals surface area contributed by atoms with Crippen LogP contribution in [0.4, 0.5) is 0 Å². The van der Waals surface area contributed by atoms with Crippen LogP contribution >= 0.6 is 15.9 Å². The molecule has 0 N–H and O–H groups in total. The van der Waals surface area contributed by atoms with Crippen LogP contribution in [0.2, 0.25) is 0 Å². The predicted octanol–water partition coefficient (Wildman–Crippen LogP) is 5.63. The lowest BCUT2D eigenvalue weighted by molar-refractivity contribution is 0.0961. The van der Waals surface area contributed by atoms with Gasteiger partial charge in [0.05, 0.1) is 6.61 Å². The molecule has 0 saturated carbocycles. The molecule has 0 unspecified atom stereocenters. The van der Waals surface area contributed by atoms with Gasteiger partial charge in [0, 0.05) is 23.1 Å². The van der Waals surface area contributed by atoms with E-state index in [4.69, 9.17) is 4.74 Å². The zero-order valence-corrected chi connectivity index (χ0v) is 15.7. The summed E-state index contributed by atoms with van der Waals surface area (Å²) in [7, 11) is 0. The molecule has 2 nitrogen and oxygen atoms in total. The van der Waals surface area contributed by atoms with Crippen LogP contribution in [0.5, 0.6) is 5.75 Å². The number of hydrogen-bond acceptors (Lipinski definition) is 2. The van der Waals surface area contributed by atoms with Crippen molar-refractivity contribution in [1.82, 2.24) is 4.90 Å². The second kappa shape index (κ2) is 7.67. The van der Waals surface area contributed by atoms with Crippen LogP contribution in [0, 0.1) is 0 Å². The van der Waals surface area contributed by atoms with Gasteiger partial charge in [0.25, 0.3) is 0 Å². The topological polar surface area (TPSA) is 12.5 Å². The van der Waals surface area contributed by atoms with Crippen LogP contribution < -0.4 is 4.74 Å². The highest BCUT2D eigenvalue weighted by Crippen LogP contribution is 2.25. The minimum atomic E-state index is 0.719. The third-order valence-corrected chi connectivity index (χ3v) is 5.47. The first-order valence-electron chi connectivity index (χ1n) is 8.71. The molecular weight excluding hydrogens is 350 g/mol. The molecule has 1 heterocycles. The maximum absolute atomic E-state index is 5.97. The molecule has 124 valence electrons. The molecule has 1 aliphatic heterocycles. The van der Waals surface area contributed by atoms with Crippen LogP contribution in [0.1, 0.15) is 39.5 Å². The van der Waals surface area contributed by atoms with Crippen LogP contribution in [0.15, 0.2) is 40.9 Å². The minimum Gasteiger partial charge on any atom is -0.494 e. The van der Waals surface area contributed by atoms with Crippen molar-refractivity contribution in [3.63, 3.8) is 0 Å². The summed E-state index contributed by atoms with van der Waals surface area (Å²) < 4.78 is 7.08. The molecule has 1 fully saturated rings. The van der Waals surface area contributed by atoms with E-state index < -0.39 is 0 Å². The first kappa shape index (κ1) is 16.8. The molecule has 23 heavy (non-hydrogen) atoms. The van der Waals surface area contributed by atoms with Crippen molar-refractivity contribution < 1.29 is 4.74 Å². The summed E-state index contributed by atoms with van der Waals surface area (Å²) in [6.45, 7) is 6.65. The number of benzene rings is 2. The van der Waals surface area contributed by atoms with E-state index in [9.17, 15) is 0 Å². The quantitative estimate of drug-likeness (QED) is 0.627. The first-order chi connectivity index (χ1) is 11.1. The Labute approximate surface area is 147 Å². The summed E-state index contributed by atoms with van der Waals surface area (Å²) >= 11 is 3.53. The van der Waals surface area contributed by atoms with Crippen molar-refractivity contribution in [1.29, 1.82) is 0 Å². The van der Waals surface area contributed by atoms with Gasteiger partial charge in [-0.2, -0.15) is 0 Å². The smallest absolute Gasteiger partial charge is 0.119 e. The Kier molecular flexibility index (Phi) is 5.60. The van der Waals surface area contributed by atoms with Gasteiger partial charge in [0.2, 0.25) is 0 Å². The largest absolute Gasteiger partial charge is 0.494 e. The average Bonchev–Trinajstić information content (AvgIpc) is 2.53. The number of likely N-dealkylation sites (tertiary alicyclic amines) is 1. The normalized spacial score (nSPS) is 22.4. The number of fused-ring (bicyclic) bond motifs is 1. The Bertz CT molecular complexity index is 647. The number of piperidine rings is 1. The van der Waals surface area contributed by atoms with Crippen LogP contribution in [0.25, 0.3) is 10.8 Å². The van der Waals surface area contributed by atoms with E-state index in [0.717, 1.165) is 41.9 Å². The van der Waals surface area contributed by atoms with Gasteiger partial charge >= 0.3 is 0 Å². The summed E-state index contributed by atoms with van der Waals surface area (Å²) in [5.74, 6) is 0.968. The summed E-state index contributed by atoms with van der Waals surface area (Å²) in [6, 6.07) is 14.1. The van der Waals surface area contributed by atoms with E-state index in [-0.39, 0.29) is 0 Å². The van der Waals surface area contributed by atoms with Gasteiger partial charge < -0.3 is 4.74 Å². The predicted molar refractivity (Wildman–Crippen MR) is 101 cm³/mol. The van der Waals surface area contributed by atoms with Gasteiger partial charge in [-0.25, -0.2) is 0 Å². The Hall–Kier alpha value is -1.06. The highest BCUT2D eigenvalue weighted by molar-refractivity contribution is 9.10. The molecule has 1 aliphatic rings. The Morgan fingerprint density at radius 1 is 1.04 bits per heavy atom.